The molecule has 0 fully saturated rings. The van der Waals surface area contributed by atoms with E-state index in [0.717, 1.165) is 47.5 Å². The van der Waals surface area contributed by atoms with Crippen LogP contribution in [0.3, 0.4) is 0 Å². The molecular weight excluding hydrogens is 436 g/mol. The van der Waals surface area contributed by atoms with Crippen LogP contribution in [0.25, 0.3) is 10.9 Å². The summed E-state index contributed by atoms with van der Waals surface area (Å²) in [5.74, 6) is 1.83. The summed E-state index contributed by atoms with van der Waals surface area (Å²) >= 11 is 6.05. The highest BCUT2D eigenvalue weighted by molar-refractivity contribution is 6.30. The van der Waals surface area contributed by atoms with E-state index in [4.69, 9.17) is 16.7 Å². The van der Waals surface area contributed by atoms with Crippen LogP contribution >= 0.6 is 11.6 Å². The molecule has 1 amide bonds. The maximum absolute atomic E-state index is 13.1. The van der Waals surface area contributed by atoms with Gasteiger partial charge in [-0.3, -0.25) is 9.48 Å². The SMILES string of the molecule is CC(c1ccc(Cl)cc1)n1nc(C(=O)NCCc2nnc3n2CCCCC3)c2ccccc21. The highest BCUT2D eigenvalue weighted by atomic mass is 35.5. The average Bonchev–Trinajstić information content (AvgIpc) is 3.32. The van der Waals surface area contributed by atoms with Crippen molar-refractivity contribution >= 4 is 28.4 Å². The van der Waals surface area contributed by atoms with Crippen molar-refractivity contribution in [2.24, 2.45) is 0 Å². The Morgan fingerprint density at radius 3 is 2.76 bits per heavy atom. The van der Waals surface area contributed by atoms with Gasteiger partial charge in [0.05, 0.1) is 11.6 Å². The number of benzene rings is 2. The number of halogens is 1. The molecule has 5 rings (SSSR count). The Labute approximate surface area is 197 Å². The predicted molar refractivity (Wildman–Crippen MR) is 129 cm³/mol. The van der Waals surface area contributed by atoms with Crippen LogP contribution < -0.4 is 5.32 Å². The number of hydrogen-bond acceptors (Lipinski definition) is 4. The number of aryl methyl sites for hydroxylation is 1. The minimum Gasteiger partial charge on any atom is -0.350 e. The van der Waals surface area contributed by atoms with Gasteiger partial charge in [0.1, 0.15) is 11.6 Å². The summed E-state index contributed by atoms with van der Waals surface area (Å²) in [6.07, 6.45) is 5.18. The Morgan fingerprint density at radius 2 is 1.91 bits per heavy atom. The van der Waals surface area contributed by atoms with E-state index in [9.17, 15) is 4.79 Å². The van der Waals surface area contributed by atoms with Gasteiger partial charge in [0.2, 0.25) is 0 Å². The van der Waals surface area contributed by atoms with Gasteiger partial charge >= 0.3 is 0 Å². The number of aromatic nitrogens is 5. The molecule has 8 heteroatoms. The molecule has 1 aliphatic rings. The summed E-state index contributed by atoms with van der Waals surface area (Å²) in [4.78, 5) is 13.1. The van der Waals surface area contributed by atoms with E-state index in [1.807, 2.05) is 53.2 Å². The Kier molecular flexibility index (Phi) is 6.13. The molecule has 4 aromatic rings. The lowest BCUT2D eigenvalue weighted by atomic mass is 10.1. The van der Waals surface area contributed by atoms with E-state index in [1.165, 1.54) is 12.8 Å². The molecule has 0 radical (unpaired) electrons. The molecule has 0 saturated heterocycles. The number of carbonyl (C=O) groups is 1. The molecule has 33 heavy (non-hydrogen) atoms. The smallest absolute Gasteiger partial charge is 0.272 e. The van der Waals surface area contributed by atoms with Crippen molar-refractivity contribution in [3.63, 3.8) is 0 Å². The maximum atomic E-state index is 13.1. The van der Waals surface area contributed by atoms with Crippen molar-refractivity contribution in [3.8, 4) is 0 Å². The fourth-order valence-corrected chi connectivity index (χ4v) is 4.66. The summed E-state index contributed by atoms with van der Waals surface area (Å²) in [6.45, 7) is 3.52. The largest absolute Gasteiger partial charge is 0.350 e. The highest BCUT2D eigenvalue weighted by Gasteiger charge is 2.21. The normalized spacial score (nSPS) is 14.6. The predicted octanol–water partition coefficient (Wildman–Crippen LogP) is 4.59. The Hall–Kier alpha value is -3.19. The highest BCUT2D eigenvalue weighted by Crippen LogP contribution is 2.26. The van der Waals surface area contributed by atoms with Crippen LogP contribution in [0.2, 0.25) is 5.02 Å². The van der Waals surface area contributed by atoms with E-state index in [1.54, 1.807) is 0 Å². The Balaban J connectivity index is 1.34. The number of nitrogens with one attached hydrogen (secondary N) is 1. The van der Waals surface area contributed by atoms with Gasteiger partial charge in [0, 0.05) is 36.3 Å². The summed E-state index contributed by atoms with van der Waals surface area (Å²) in [6, 6.07) is 15.5. The number of hydrogen-bond donors (Lipinski definition) is 1. The van der Waals surface area contributed by atoms with Crippen molar-refractivity contribution in [1.29, 1.82) is 0 Å². The van der Waals surface area contributed by atoms with Gasteiger partial charge in [-0.25, -0.2) is 0 Å². The van der Waals surface area contributed by atoms with E-state index in [-0.39, 0.29) is 11.9 Å². The van der Waals surface area contributed by atoms with E-state index in [0.29, 0.717) is 23.7 Å². The molecule has 0 saturated carbocycles. The van der Waals surface area contributed by atoms with Crippen molar-refractivity contribution < 1.29 is 4.79 Å². The molecule has 3 heterocycles. The lowest BCUT2D eigenvalue weighted by Crippen LogP contribution is -2.27. The van der Waals surface area contributed by atoms with E-state index in [2.05, 4.69) is 27.0 Å². The molecular formula is C25H27ClN6O. The van der Waals surface area contributed by atoms with Crippen LogP contribution in [0.15, 0.2) is 48.5 Å². The van der Waals surface area contributed by atoms with Crippen LogP contribution in [0, 0.1) is 0 Å². The minimum absolute atomic E-state index is 0.0415. The van der Waals surface area contributed by atoms with Crippen molar-refractivity contribution in [1.82, 2.24) is 29.9 Å². The maximum Gasteiger partial charge on any atom is 0.272 e. The second-order valence-electron chi connectivity index (χ2n) is 8.54. The first-order valence-corrected chi connectivity index (χ1v) is 11.9. The van der Waals surface area contributed by atoms with Crippen molar-refractivity contribution in [3.05, 3.63) is 76.5 Å². The molecule has 0 spiro atoms. The first-order chi connectivity index (χ1) is 16.1. The minimum atomic E-state index is -0.177. The van der Waals surface area contributed by atoms with Crippen molar-refractivity contribution in [2.45, 2.75) is 51.6 Å². The molecule has 2 aromatic carbocycles. The Bertz CT molecular complexity index is 1280. The number of rotatable bonds is 6. The zero-order valence-corrected chi connectivity index (χ0v) is 19.4. The third kappa shape index (κ3) is 4.37. The van der Waals surface area contributed by atoms with Gasteiger partial charge in [-0.2, -0.15) is 5.10 Å². The fraction of sp³-hybridized carbons (Fsp3) is 0.360. The standard InChI is InChI=1S/C25H27ClN6O/c1-17(18-10-12-19(26)13-11-18)32-21-8-5-4-7-20(21)24(30-32)25(33)27-15-14-23-29-28-22-9-3-2-6-16-31(22)23/h4-5,7-8,10-13,17H,2-3,6,9,14-16H2,1H3,(H,27,33). The van der Waals surface area contributed by atoms with E-state index >= 15 is 0 Å². The van der Waals surface area contributed by atoms with Crippen LogP contribution in [0.1, 0.15) is 59.9 Å². The summed E-state index contributed by atoms with van der Waals surface area (Å²) in [5.41, 5.74) is 2.44. The summed E-state index contributed by atoms with van der Waals surface area (Å²) in [7, 11) is 0. The van der Waals surface area contributed by atoms with Gasteiger partial charge in [-0.1, -0.05) is 48.4 Å². The monoisotopic (exact) mass is 462 g/mol. The molecule has 7 nitrogen and oxygen atoms in total. The topological polar surface area (TPSA) is 77.6 Å². The third-order valence-electron chi connectivity index (χ3n) is 6.37. The zero-order valence-electron chi connectivity index (χ0n) is 18.7. The Morgan fingerprint density at radius 1 is 1.09 bits per heavy atom. The number of nitrogens with zero attached hydrogens (tertiary/aromatic N) is 5. The van der Waals surface area contributed by atoms with Crippen LogP contribution in [0.4, 0.5) is 0 Å². The fourth-order valence-electron chi connectivity index (χ4n) is 4.54. The van der Waals surface area contributed by atoms with Gasteiger partial charge in [-0.15, -0.1) is 10.2 Å². The van der Waals surface area contributed by atoms with Gasteiger partial charge < -0.3 is 9.88 Å². The first kappa shape index (κ1) is 21.6. The molecule has 0 aliphatic carbocycles. The average molecular weight is 463 g/mol. The quantitative estimate of drug-likeness (QED) is 0.454. The van der Waals surface area contributed by atoms with Crippen LogP contribution in [0.5, 0.6) is 0 Å². The van der Waals surface area contributed by atoms with Gasteiger partial charge in [-0.05, 0) is 43.5 Å². The molecule has 0 bridgehead atoms. The third-order valence-corrected chi connectivity index (χ3v) is 6.62. The number of carbonyl (C=O) groups excluding carboxylic acids is 1. The van der Waals surface area contributed by atoms with Gasteiger partial charge in [0.15, 0.2) is 5.69 Å². The molecule has 2 aromatic heterocycles. The molecule has 170 valence electrons. The van der Waals surface area contributed by atoms with Crippen LogP contribution in [-0.4, -0.2) is 37.0 Å². The molecule has 1 atom stereocenters. The zero-order chi connectivity index (χ0) is 22.8. The number of para-hydroxylation sites is 1. The number of amides is 1. The lowest BCUT2D eigenvalue weighted by Gasteiger charge is -2.14. The summed E-state index contributed by atoms with van der Waals surface area (Å²) in [5, 5.41) is 18.0. The summed E-state index contributed by atoms with van der Waals surface area (Å²) < 4.78 is 4.13. The number of fused-ring (bicyclic) bond motifs is 2. The van der Waals surface area contributed by atoms with Crippen molar-refractivity contribution in [2.75, 3.05) is 6.54 Å². The second kappa shape index (κ2) is 9.35. The molecule has 1 unspecified atom stereocenters. The molecule has 1 N–H and O–H groups in total. The molecule has 1 aliphatic heterocycles. The van der Waals surface area contributed by atoms with Crippen LogP contribution in [-0.2, 0) is 19.4 Å². The van der Waals surface area contributed by atoms with E-state index < -0.39 is 0 Å². The van der Waals surface area contributed by atoms with Gasteiger partial charge in [0.25, 0.3) is 5.91 Å². The second-order valence-corrected chi connectivity index (χ2v) is 8.97. The lowest BCUT2D eigenvalue weighted by molar-refractivity contribution is 0.0949. The first-order valence-electron chi connectivity index (χ1n) is 11.5.